The molecule has 0 amide bonds. The van der Waals surface area contributed by atoms with E-state index in [0.717, 1.165) is 11.8 Å². The Morgan fingerprint density at radius 3 is 2.69 bits per heavy atom. The van der Waals surface area contributed by atoms with Gasteiger partial charge in [0.25, 0.3) is 5.56 Å². The van der Waals surface area contributed by atoms with Crippen LogP contribution >= 0.6 is 23.4 Å². The fourth-order valence-electron chi connectivity index (χ4n) is 2.60. The number of carbonyl (C=O) groups is 1. The summed E-state index contributed by atoms with van der Waals surface area (Å²) in [5, 5.41) is 1.35. The summed E-state index contributed by atoms with van der Waals surface area (Å²) in [6.07, 6.45) is 0. The van der Waals surface area contributed by atoms with E-state index in [2.05, 4.69) is 4.98 Å². The number of carbonyl (C=O) groups excluding carboxylic acids is 1. The first-order chi connectivity index (χ1) is 12.4. The molecule has 0 aliphatic rings. The molecule has 0 spiro atoms. The first-order valence-corrected chi connectivity index (χ1v) is 9.37. The minimum atomic E-state index is -0.558. The molecule has 2 aromatic carbocycles. The van der Waals surface area contributed by atoms with E-state index < -0.39 is 5.82 Å². The Hall–Kier alpha value is -2.18. The molecule has 0 saturated heterocycles. The van der Waals surface area contributed by atoms with E-state index in [4.69, 9.17) is 11.6 Å². The van der Waals surface area contributed by atoms with Crippen LogP contribution in [-0.4, -0.2) is 21.1 Å². The summed E-state index contributed by atoms with van der Waals surface area (Å²) in [7, 11) is 0. The topological polar surface area (TPSA) is 52.0 Å². The number of aromatic nitrogens is 2. The third-order valence-electron chi connectivity index (χ3n) is 3.85. The molecule has 0 bridgehead atoms. The number of hydrogen-bond acceptors (Lipinski definition) is 4. The second kappa shape index (κ2) is 7.60. The Balaban J connectivity index is 1.99. The highest BCUT2D eigenvalue weighted by molar-refractivity contribution is 7.99. The number of thioether (sulfide) groups is 1. The van der Waals surface area contributed by atoms with Crippen molar-refractivity contribution >= 4 is 40.0 Å². The lowest BCUT2D eigenvalue weighted by atomic mass is 10.1. The molecule has 1 aromatic heterocycles. The van der Waals surface area contributed by atoms with Crippen molar-refractivity contribution in [3.05, 3.63) is 69.2 Å². The average molecular weight is 391 g/mol. The normalized spacial score (nSPS) is 11.3. The predicted octanol–water partition coefficient (Wildman–Crippen LogP) is 4.74. The lowest BCUT2D eigenvalue weighted by Crippen LogP contribution is -2.25. The van der Waals surface area contributed by atoms with Crippen LogP contribution in [0.25, 0.3) is 10.9 Å². The summed E-state index contributed by atoms with van der Waals surface area (Å²) >= 11 is 7.11. The summed E-state index contributed by atoms with van der Waals surface area (Å²) in [4.78, 5) is 29.6. The maximum Gasteiger partial charge on any atom is 0.262 e. The van der Waals surface area contributed by atoms with E-state index in [1.807, 2.05) is 13.8 Å². The summed E-state index contributed by atoms with van der Waals surface area (Å²) in [6, 6.07) is 10.6. The number of hydrogen-bond donors (Lipinski definition) is 0. The highest BCUT2D eigenvalue weighted by Crippen LogP contribution is 2.23. The molecule has 0 saturated carbocycles. The Morgan fingerprint density at radius 1 is 1.27 bits per heavy atom. The number of nitrogens with zero attached hydrogens (tertiary/aromatic N) is 2. The van der Waals surface area contributed by atoms with Crippen molar-refractivity contribution in [1.29, 1.82) is 0 Å². The van der Waals surface area contributed by atoms with Crippen molar-refractivity contribution in [2.75, 3.05) is 5.75 Å². The number of rotatable bonds is 5. The number of Topliss-reactive ketones (excluding diaryl/α,β-unsaturated/α-hetero) is 1. The minimum Gasteiger partial charge on any atom is -0.293 e. The fraction of sp³-hybridized carbons (Fsp3) is 0.211. The van der Waals surface area contributed by atoms with Crippen LogP contribution < -0.4 is 5.56 Å². The molecule has 134 valence electrons. The van der Waals surface area contributed by atoms with Gasteiger partial charge in [0.2, 0.25) is 0 Å². The molecular weight excluding hydrogens is 375 g/mol. The molecule has 4 nitrogen and oxygen atoms in total. The van der Waals surface area contributed by atoms with Gasteiger partial charge in [0, 0.05) is 11.1 Å². The highest BCUT2D eigenvalue weighted by Gasteiger charge is 2.17. The zero-order valence-corrected chi connectivity index (χ0v) is 15.8. The van der Waals surface area contributed by atoms with Crippen LogP contribution in [0.15, 0.2) is 52.4 Å². The molecule has 0 unspecified atom stereocenters. The van der Waals surface area contributed by atoms with E-state index >= 15 is 0 Å². The number of benzene rings is 2. The van der Waals surface area contributed by atoms with E-state index in [1.54, 1.807) is 24.3 Å². The predicted molar refractivity (Wildman–Crippen MR) is 103 cm³/mol. The van der Waals surface area contributed by atoms with Crippen LogP contribution in [0.4, 0.5) is 4.39 Å². The fourth-order valence-corrected chi connectivity index (χ4v) is 3.78. The summed E-state index contributed by atoms with van der Waals surface area (Å²) in [5.41, 5.74) is 0.310. The van der Waals surface area contributed by atoms with Gasteiger partial charge in [0.1, 0.15) is 5.82 Å². The third kappa shape index (κ3) is 3.66. The van der Waals surface area contributed by atoms with Crippen LogP contribution in [-0.2, 0) is 0 Å². The van der Waals surface area contributed by atoms with Crippen molar-refractivity contribution in [2.24, 2.45) is 0 Å². The zero-order valence-electron chi connectivity index (χ0n) is 14.2. The Morgan fingerprint density at radius 2 is 2.00 bits per heavy atom. The van der Waals surface area contributed by atoms with Gasteiger partial charge in [0.05, 0.1) is 22.2 Å². The molecule has 1 heterocycles. The van der Waals surface area contributed by atoms with Gasteiger partial charge in [-0.05, 0) is 44.2 Å². The van der Waals surface area contributed by atoms with Crippen molar-refractivity contribution in [3.63, 3.8) is 0 Å². The Bertz CT molecular complexity index is 1050. The third-order valence-corrected chi connectivity index (χ3v) is 5.04. The maximum atomic E-state index is 13.8. The molecule has 0 radical (unpaired) electrons. The van der Waals surface area contributed by atoms with Gasteiger partial charge < -0.3 is 0 Å². The second-order valence-electron chi connectivity index (χ2n) is 6.02. The first-order valence-electron chi connectivity index (χ1n) is 8.01. The summed E-state index contributed by atoms with van der Waals surface area (Å²) in [5.74, 6) is -0.937. The molecule has 7 heteroatoms. The van der Waals surface area contributed by atoms with Gasteiger partial charge >= 0.3 is 0 Å². The Labute approximate surface area is 159 Å². The standard InChI is InChI=1S/C19H16ClFN2O2S/c1-11(2)23-18(25)14-8-7-12(20)9-16(14)22-19(23)26-10-17(24)13-5-3-4-6-15(13)21/h3-9,11H,10H2,1-2H3. The molecule has 0 atom stereocenters. The van der Waals surface area contributed by atoms with Crippen molar-refractivity contribution < 1.29 is 9.18 Å². The molecule has 3 aromatic rings. The molecule has 26 heavy (non-hydrogen) atoms. The average Bonchev–Trinajstić information content (AvgIpc) is 2.59. The summed E-state index contributed by atoms with van der Waals surface area (Å²) in [6.45, 7) is 3.74. The maximum absolute atomic E-state index is 13.8. The van der Waals surface area contributed by atoms with Crippen molar-refractivity contribution in [2.45, 2.75) is 25.0 Å². The SMILES string of the molecule is CC(C)n1c(SCC(=O)c2ccccc2F)nc2cc(Cl)ccc2c1=O. The summed E-state index contributed by atoms with van der Waals surface area (Å²) < 4.78 is 15.3. The Kier molecular flexibility index (Phi) is 5.44. The smallest absolute Gasteiger partial charge is 0.262 e. The molecule has 0 N–H and O–H groups in total. The lowest BCUT2D eigenvalue weighted by Gasteiger charge is -2.16. The first kappa shape index (κ1) is 18.6. The molecule has 0 aliphatic carbocycles. The van der Waals surface area contributed by atoms with E-state index in [0.29, 0.717) is 21.1 Å². The quantitative estimate of drug-likeness (QED) is 0.358. The van der Waals surface area contributed by atoms with Gasteiger partial charge in [-0.3, -0.25) is 14.2 Å². The van der Waals surface area contributed by atoms with E-state index in [1.165, 1.54) is 22.8 Å². The van der Waals surface area contributed by atoms with Gasteiger partial charge in [-0.1, -0.05) is 35.5 Å². The largest absolute Gasteiger partial charge is 0.293 e. The monoisotopic (exact) mass is 390 g/mol. The van der Waals surface area contributed by atoms with Gasteiger partial charge in [0.15, 0.2) is 10.9 Å². The lowest BCUT2D eigenvalue weighted by molar-refractivity contribution is 0.101. The number of halogens is 2. The molecule has 3 rings (SSSR count). The van der Waals surface area contributed by atoms with Crippen LogP contribution in [0.5, 0.6) is 0 Å². The number of fused-ring (bicyclic) bond motifs is 1. The van der Waals surface area contributed by atoms with Crippen molar-refractivity contribution in [1.82, 2.24) is 9.55 Å². The van der Waals surface area contributed by atoms with Crippen LogP contribution in [0.3, 0.4) is 0 Å². The van der Waals surface area contributed by atoms with Crippen molar-refractivity contribution in [3.8, 4) is 0 Å². The van der Waals surface area contributed by atoms with Gasteiger partial charge in [-0.25, -0.2) is 9.37 Å². The zero-order chi connectivity index (χ0) is 18.8. The molecule has 0 aliphatic heterocycles. The van der Waals surface area contributed by atoms with Crippen LogP contribution in [0.2, 0.25) is 5.02 Å². The van der Waals surface area contributed by atoms with Gasteiger partial charge in [-0.2, -0.15) is 0 Å². The second-order valence-corrected chi connectivity index (χ2v) is 7.40. The molecule has 0 fully saturated rings. The van der Waals surface area contributed by atoms with Crippen LogP contribution in [0, 0.1) is 5.82 Å². The van der Waals surface area contributed by atoms with Crippen LogP contribution in [0.1, 0.15) is 30.2 Å². The molecular formula is C19H16ClFN2O2S. The van der Waals surface area contributed by atoms with E-state index in [9.17, 15) is 14.0 Å². The van der Waals surface area contributed by atoms with Gasteiger partial charge in [-0.15, -0.1) is 0 Å². The number of ketones is 1. The minimum absolute atomic E-state index is 0.0217. The highest BCUT2D eigenvalue weighted by atomic mass is 35.5. The van der Waals surface area contributed by atoms with E-state index in [-0.39, 0.29) is 28.7 Å².